The Balaban J connectivity index is 2.20. The van der Waals surface area contributed by atoms with Gasteiger partial charge in [-0.2, -0.15) is 0 Å². The summed E-state index contributed by atoms with van der Waals surface area (Å²) in [5.41, 5.74) is 0.961. The van der Waals surface area contributed by atoms with E-state index < -0.39 is 0 Å². The molecule has 1 N–H and O–H groups in total. The maximum absolute atomic E-state index is 13.4. The normalized spacial score (nSPS) is 10.8. The van der Waals surface area contributed by atoms with Gasteiger partial charge in [0.15, 0.2) is 0 Å². The van der Waals surface area contributed by atoms with Crippen LogP contribution in [-0.4, -0.2) is 6.54 Å². The molecule has 0 unspecified atom stereocenters. The number of benzene rings is 2. The van der Waals surface area contributed by atoms with E-state index in [2.05, 4.69) is 12.2 Å². The van der Waals surface area contributed by atoms with Crippen molar-refractivity contribution in [2.45, 2.75) is 29.7 Å². The zero-order chi connectivity index (χ0) is 14.4. The Morgan fingerprint density at radius 1 is 1.15 bits per heavy atom. The third-order valence-corrected chi connectivity index (χ3v) is 4.46. The standard InChI is InChI=1S/C16H17ClFNS/c1-2-9-19-11-12-10-13(18)7-8-15(12)20-16-6-4-3-5-14(16)17/h3-8,10,19H,2,9,11H2,1H3. The van der Waals surface area contributed by atoms with Crippen LogP contribution in [0.4, 0.5) is 4.39 Å². The van der Waals surface area contributed by atoms with Crippen molar-refractivity contribution in [2.75, 3.05) is 6.54 Å². The van der Waals surface area contributed by atoms with Gasteiger partial charge in [-0.3, -0.25) is 0 Å². The molecule has 0 amide bonds. The molecule has 0 atom stereocenters. The molecule has 0 aliphatic heterocycles. The third-order valence-electron chi connectivity index (χ3n) is 2.82. The second-order valence-electron chi connectivity index (χ2n) is 4.46. The van der Waals surface area contributed by atoms with Gasteiger partial charge in [-0.15, -0.1) is 0 Å². The Bertz CT molecular complexity index is 574. The van der Waals surface area contributed by atoms with Gasteiger partial charge in [0.25, 0.3) is 0 Å². The highest BCUT2D eigenvalue weighted by Gasteiger charge is 2.08. The van der Waals surface area contributed by atoms with E-state index in [4.69, 9.17) is 11.6 Å². The second-order valence-corrected chi connectivity index (χ2v) is 5.95. The summed E-state index contributed by atoms with van der Waals surface area (Å²) in [6.45, 7) is 3.70. The first kappa shape index (κ1) is 15.4. The summed E-state index contributed by atoms with van der Waals surface area (Å²) in [4.78, 5) is 2.01. The first-order valence-corrected chi connectivity index (χ1v) is 7.81. The summed E-state index contributed by atoms with van der Waals surface area (Å²) >= 11 is 7.74. The Kier molecular flexibility index (Phi) is 5.89. The minimum absolute atomic E-state index is 0.207. The van der Waals surface area contributed by atoms with Crippen LogP contribution in [-0.2, 0) is 6.54 Å². The largest absolute Gasteiger partial charge is 0.313 e. The van der Waals surface area contributed by atoms with Crippen LogP contribution in [0.2, 0.25) is 5.02 Å². The van der Waals surface area contributed by atoms with E-state index in [1.807, 2.05) is 30.3 Å². The Morgan fingerprint density at radius 2 is 1.95 bits per heavy atom. The fourth-order valence-electron chi connectivity index (χ4n) is 1.83. The van der Waals surface area contributed by atoms with Crippen LogP contribution in [0, 0.1) is 5.82 Å². The summed E-state index contributed by atoms with van der Waals surface area (Å²) < 4.78 is 13.4. The van der Waals surface area contributed by atoms with Gasteiger partial charge < -0.3 is 5.32 Å². The smallest absolute Gasteiger partial charge is 0.123 e. The molecule has 4 heteroatoms. The Hall–Kier alpha value is -1.03. The SMILES string of the molecule is CCCNCc1cc(F)ccc1Sc1ccccc1Cl. The van der Waals surface area contributed by atoms with Crippen molar-refractivity contribution < 1.29 is 4.39 Å². The van der Waals surface area contributed by atoms with E-state index in [9.17, 15) is 4.39 Å². The maximum atomic E-state index is 13.4. The average molecular weight is 310 g/mol. The molecule has 0 saturated carbocycles. The fourth-order valence-corrected chi connectivity index (χ4v) is 3.03. The van der Waals surface area contributed by atoms with Gasteiger partial charge in [-0.1, -0.05) is 42.4 Å². The van der Waals surface area contributed by atoms with Gasteiger partial charge >= 0.3 is 0 Å². The average Bonchev–Trinajstić information content (AvgIpc) is 2.44. The number of hydrogen-bond acceptors (Lipinski definition) is 2. The molecule has 1 nitrogen and oxygen atoms in total. The van der Waals surface area contributed by atoms with E-state index in [-0.39, 0.29) is 5.82 Å². The van der Waals surface area contributed by atoms with Crippen molar-refractivity contribution in [3.63, 3.8) is 0 Å². The number of hydrogen-bond donors (Lipinski definition) is 1. The monoisotopic (exact) mass is 309 g/mol. The predicted octanol–water partition coefficient (Wildman–Crippen LogP) is 5.13. The molecule has 20 heavy (non-hydrogen) atoms. The Labute approximate surface area is 128 Å². The summed E-state index contributed by atoms with van der Waals surface area (Å²) in [7, 11) is 0. The molecule has 0 saturated heterocycles. The lowest BCUT2D eigenvalue weighted by molar-refractivity contribution is 0.615. The lowest BCUT2D eigenvalue weighted by Gasteiger charge is -2.11. The quantitative estimate of drug-likeness (QED) is 0.742. The van der Waals surface area contributed by atoms with Crippen LogP contribution in [0.3, 0.4) is 0 Å². The summed E-state index contributed by atoms with van der Waals surface area (Å²) in [6, 6.07) is 12.6. The van der Waals surface area contributed by atoms with E-state index in [1.165, 1.54) is 6.07 Å². The second kappa shape index (κ2) is 7.67. The molecular weight excluding hydrogens is 293 g/mol. The molecule has 0 aromatic heterocycles. The molecule has 2 aromatic rings. The number of rotatable bonds is 6. The zero-order valence-corrected chi connectivity index (χ0v) is 12.9. The molecule has 0 aliphatic carbocycles. The molecule has 0 heterocycles. The summed E-state index contributed by atoms with van der Waals surface area (Å²) in [5.74, 6) is -0.207. The van der Waals surface area contributed by atoms with E-state index in [0.29, 0.717) is 11.6 Å². The van der Waals surface area contributed by atoms with Gasteiger partial charge in [0.1, 0.15) is 5.82 Å². The lowest BCUT2D eigenvalue weighted by Crippen LogP contribution is -2.14. The number of halogens is 2. The molecule has 0 spiro atoms. The molecule has 0 aliphatic rings. The van der Waals surface area contributed by atoms with Crippen LogP contribution in [0.15, 0.2) is 52.3 Å². The van der Waals surface area contributed by atoms with Crippen LogP contribution < -0.4 is 5.32 Å². The Morgan fingerprint density at radius 3 is 2.70 bits per heavy atom. The topological polar surface area (TPSA) is 12.0 Å². The van der Waals surface area contributed by atoms with Crippen molar-refractivity contribution in [2.24, 2.45) is 0 Å². The first-order valence-electron chi connectivity index (χ1n) is 6.62. The minimum atomic E-state index is -0.207. The first-order chi connectivity index (χ1) is 9.70. The fraction of sp³-hybridized carbons (Fsp3) is 0.250. The van der Waals surface area contributed by atoms with Gasteiger partial charge in [-0.25, -0.2) is 4.39 Å². The minimum Gasteiger partial charge on any atom is -0.313 e. The molecule has 0 fully saturated rings. The van der Waals surface area contributed by atoms with E-state index in [0.717, 1.165) is 28.3 Å². The predicted molar refractivity (Wildman–Crippen MR) is 84.0 cm³/mol. The third kappa shape index (κ3) is 4.23. The zero-order valence-electron chi connectivity index (χ0n) is 11.3. The lowest BCUT2D eigenvalue weighted by atomic mass is 10.2. The number of nitrogens with one attached hydrogen (secondary N) is 1. The van der Waals surface area contributed by atoms with Crippen molar-refractivity contribution in [1.29, 1.82) is 0 Å². The van der Waals surface area contributed by atoms with Crippen LogP contribution >= 0.6 is 23.4 Å². The highest BCUT2D eigenvalue weighted by Crippen LogP contribution is 2.35. The highest BCUT2D eigenvalue weighted by atomic mass is 35.5. The highest BCUT2D eigenvalue weighted by molar-refractivity contribution is 7.99. The van der Waals surface area contributed by atoms with Crippen molar-refractivity contribution in [3.8, 4) is 0 Å². The summed E-state index contributed by atoms with van der Waals surface area (Å²) in [5, 5.41) is 4.02. The summed E-state index contributed by atoms with van der Waals surface area (Å²) in [6.07, 6.45) is 1.06. The van der Waals surface area contributed by atoms with Crippen LogP contribution in [0.25, 0.3) is 0 Å². The van der Waals surface area contributed by atoms with Gasteiger partial charge in [-0.05, 0) is 48.9 Å². The molecule has 2 rings (SSSR count). The molecular formula is C16H17ClFNS. The van der Waals surface area contributed by atoms with E-state index in [1.54, 1.807) is 17.8 Å². The van der Waals surface area contributed by atoms with Crippen molar-refractivity contribution in [3.05, 3.63) is 58.9 Å². The maximum Gasteiger partial charge on any atom is 0.123 e. The molecule has 106 valence electrons. The molecule has 2 aromatic carbocycles. The van der Waals surface area contributed by atoms with Gasteiger partial charge in [0.2, 0.25) is 0 Å². The van der Waals surface area contributed by atoms with E-state index >= 15 is 0 Å². The van der Waals surface area contributed by atoms with Crippen LogP contribution in [0.1, 0.15) is 18.9 Å². The van der Waals surface area contributed by atoms with Crippen molar-refractivity contribution in [1.82, 2.24) is 5.32 Å². The van der Waals surface area contributed by atoms with Crippen LogP contribution in [0.5, 0.6) is 0 Å². The van der Waals surface area contributed by atoms with Gasteiger partial charge in [0.05, 0.1) is 5.02 Å². The van der Waals surface area contributed by atoms with Gasteiger partial charge in [0, 0.05) is 16.3 Å². The van der Waals surface area contributed by atoms with Crippen molar-refractivity contribution >= 4 is 23.4 Å². The molecule has 0 bridgehead atoms. The molecule has 0 radical (unpaired) electrons.